The van der Waals surface area contributed by atoms with Gasteiger partial charge in [0.05, 0.1) is 12.6 Å². The molecule has 3 aromatic rings. The van der Waals surface area contributed by atoms with E-state index in [1.54, 1.807) is 11.3 Å². The topological polar surface area (TPSA) is 35.2 Å². The Hall–Kier alpha value is -1.55. The van der Waals surface area contributed by atoms with Crippen molar-refractivity contribution in [2.24, 2.45) is 5.73 Å². The van der Waals surface area contributed by atoms with Crippen LogP contribution in [0.5, 0.6) is 5.75 Å². The molecule has 21 heavy (non-hydrogen) atoms. The Balaban J connectivity index is 1.87. The highest BCUT2D eigenvalue weighted by Gasteiger charge is 2.23. The zero-order chi connectivity index (χ0) is 14.4. The molecule has 0 spiro atoms. The van der Waals surface area contributed by atoms with Gasteiger partial charge in [-0.05, 0) is 40.1 Å². The van der Waals surface area contributed by atoms with Crippen LogP contribution in [0.15, 0.2) is 41.8 Å². The van der Waals surface area contributed by atoms with Gasteiger partial charge in [0.25, 0.3) is 0 Å². The number of halogens is 1. The highest BCUT2D eigenvalue weighted by molar-refractivity contribution is 7.17. The first-order valence-electron chi connectivity index (χ1n) is 6.91. The molecule has 1 aliphatic rings. The third kappa shape index (κ3) is 2.13. The quantitative estimate of drug-likeness (QED) is 0.753. The van der Waals surface area contributed by atoms with Gasteiger partial charge in [-0.1, -0.05) is 29.8 Å². The molecule has 0 fully saturated rings. The Kier molecular flexibility index (Phi) is 3.14. The van der Waals surface area contributed by atoms with Crippen LogP contribution in [0.25, 0.3) is 10.1 Å². The van der Waals surface area contributed by atoms with Crippen LogP contribution in [0.2, 0.25) is 5.02 Å². The summed E-state index contributed by atoms with van der Waals surface area (Å²) in [7, 11) is 0. The molecule has 2 N–H and O–H groups in total. The lowest BCUT2D eigenvalue weighted by Crippen LogP contribution is -2.12. The van der Waals surface area contributed by atoms with E-state index in [-0.39, 0.29) is 6.04 Å². The van der Waals surface area contributed by atoms with Crippen LogP contribution in [0, 0.1) is 0 Å². The maximum atomic E-state index is 6.54. The van der Waals surface area contributed by atoms with Crippen LogP contribution in [-0.4, -0.2) is 6.61 Å². The summed E-state index contributed by atoms with van der Waals surface area (Å²) in [6, 6.07) is 12.0. The molecule has 0 saturated carbocycles. The van der Waals surface area contributed by atoms with Gasteiger partial charge in [-0.25, -0.2) is 0 Å². The summed E-state index contributed by atoms with van der Waals surface area (Å²) >= 11 is 7.96. The van der Waals surface area contributed by atoms with Gasteiger partial charge in [-0.2, -0.15) is 0 Å². The average molecular weight is 316 g/mol. The summed E-state index contributed by atoms with van der Waals surface area (Å²) in [5.74, 6) is 0.919. The van der Waals surface area contributed by atoms with E-state index >= 15 is 0 Å². The fraction of sp³-hybridized carbons (Fsp3) is 0.176. The Bertz CT molecular complexity index is 827. The van der Waals surface area contributed by atoms with Crippen molar-refractivity contribution in [3.8, 4) is 5.75 Å². The molecule has 2 nitrogen and oxygen atoms in total. The number of hydrogen-bond acceptors (Lipinski definition) is 3. The summed E-state index contributed by atoms with van der Waals surface area (Å²) < 4.78 is 7.03. The summed E-state index contributed by atoms with van der Waals surface area (Å²) in [6.45, 7) is 0.708. The van der Waals surface area contributed by atoms with E-state index in [1.165, 1.54) is 10.1 Å². The minimum Gasteiger partial charge on any atom is -0.493 e. The minimum absolute atomic E-state index is 0.216. The van der Waals surface area contributed by atoms with Crippen LogP contribution in [0.1, 0.15) is 22.7 Å². The SMILES string of the molecule is NC(c1cc(Cl)cc2c1OCC2)c1csc2ccccc12. The molecule has 1 aromatic heterocycles. The van der Waals surface area contributed by atoms with E-state index in [0.717, 1.165) is 33.9 Å². The van der Waals surface area contributed by atoms with Crippen LogP contribution in [0.4, 0.5) is 0 Å². The standard InChI is InChI=1S/C17H14ClNOS/c18-11-7-10-5-6-20-17(10)13(8-11)16(19)14-9-21-15-4-2-1-3-12(14)15/h1-4,7-9,16H,5-6,19H2. The van der Waals surface area contributed by atoms with E-state index in [9.17, 15) is 0 Å². The van der Waals surface area contributed by atoms with Crippen molar-refractivity contribution in [1.29, 1.82) is 0 Å². The van der Waals surface area contributed by atoms with Crippen LogP contribution in [0.3, 0.4) is 0 Å². The van der Waals surface area contributed by atoms with Crippen molar-refractivity contribution in [2.45, 2.75) is 12.5 Å². The van der Waals surface area contributed by atoms with E-state index in [2.05, 4.69) is 17.5 Å². The highest BCUT2D eigenvalue weighted by Crippen LogP contribution is 2.40. The van der Waals surface area contributed by atoms with Gasteiger partial charge in [0.1, 0.15) is 5.75 Å². The van der Waals surface area contributed by atoms with Gasteiger partial charge in [-0.15, -0.1) is 11.3 Å². The Morgan fingerprint density at radius 3 is 2.95 bits per heavy atom. The van der Waals surface area contributed by atoms with E-state index in [1.807, 2.05) is 24.3 Å². The molecular formula is C17H14ClNOS. The van der Waals surface area contributed by atoms with Crippen molar-refractivity contribution in [3.63, 3.8) is 0 Å². The molecule has 1 atom stereocenters. The largest absolute Gasteiger partial charge is 0.493 e. The van der Waals surface area contributed by atoms with Crippen molar-refractivity contribution in [1.82, 2.24) is 0 Å². The van der Waals surface area contributed by atoms with Crippen molar-refractivity contribution in [3.05, 3.63) is 63.5 Å². The zero-order valence-electron chi connectivity index (χ0n) is 11.3. The smallest absolute Gasteiger partial charge is 0.127 e. The molecular weight excluding hydrogens is 302 g/mol. The number of hydrogen-bond donors (Lipinski definition) is 1. The first kappa shape index (κ1) is 13.1. The highest BCUT2D eigenvalue weighted by atomic mass is 35.5. The predicted molar refractivity (Wildman–Crippen MR) is 88.5 cm³/mol. The Morgan fingerprint density at radius 1 is 1.19 bits per heavy atom. The van der Waals surface area contributed by atoms with Gasteiger partial charge in [0.2, 0.25) is 0 Å². The van der Waals surface area contributed by atoms with E-state index in [0.29, 0.717) is 6.61 Å². The molecule has 2 aromatic carbocycles. The van der Waals surface area contributed by atoms with Gasteiger partial charge in [0, 0.05) is 21.7 Å². The lowest BCUT2D eigenvalue weighted by atomic mass is 9.96. The van der Waals surface area contributed by atoms with Crippen LogP contribution >= 0.6 is 22.9 Å². The minimum atomic E-state index is -0.216. The first-order valence-corrected chi connectivity index (χ1v) is 8.16. The molecule has 0 bridgehead atoms. The van der Waals surface area contributed by atoms with E-state index < -0.39 is 0 Å². The maximum absolute atomic E-state index is 6.54. The summed E-state index contributed by atoms with van der Waals surface area (Å²) in [5.41, 5.74) is 9.82. The van der Waals surface area contributed by atoms with E-state index in [4.69, 9.17) is 22.1 Å². The summed E-state index contributed by atoms with van der Waals surface area (Å²) in [5, 5.41) is 4.07. The maximum Gasteiger partial charge on any atom is 0.127 e. The second-order valence-corrected chi connectivity index (χ2v) is 6.59. The first-order chi connectivity index (χ1) is 10.2. The van der Waals surface area contributed by atoms with Gasteiger partial charge in [-0.3, -0.25) is 0 Å². The Labute approximate surface area is 132 Å². The van der Waals surface area contributed by atoms with Crippen molar-refractivity contribution in [2.75, 3.05) is 6.61 Å². The number of thiophene rings is 1. The molecule has 1 unspecified atom stereocenters. The molecule has 106 valence electrons. The third-order valence-corrected chi connectivity index (χ3v) is 5.16. The lowest BCUT2D eigenvalue weighted by Gasteiger charge is -2.16. The van der Waals surface area contributed by atoms with Gasteiger partial charge in [0.15, 0.2) is 0 Å². The number of nitrogens with two attached hydrogens (primary N) is 1. The van der Waals surface area contributed by atoms with Crippen molar-refractivity contribution < 1.29 is 4.74 Å². The van der Waals surface area contributed by atoms with Gasteiger partial charge >= 0.3 is 0 Å². The number of ether oxygens (including phenoxy) is 1. The molecule has 4 heteroatoms. The van der Waals surface area contributed by atoms with Crippen molar-refractivity contribution >= 4 is 33.0 Å². The molecule has 4 rings (SSSR count). The second kappa shape index (κ2) is 5.02. The molecule has 2 heterocycles. The van der Waals surface area contributed by atoms with Crippen LogP contribution in [-0.2, 0) is 6.42 Å². The normalized spacial score (nSPS) is 15.0. The molecule has 0 radical (unpaired) electrons. The number of fused-ring (bicyclic) bond motifs is 2. The molecule has 1 aliphatic heterocycles. The van der Waals surface area contributed by atoms with Gasteiger partial charge < -0.3 is 10.5 Å². The number of rotatable bonds is 2. The summed E-state index contributed by atoms with van der Waals surface area (Å²) in [4.78, 5) is 0. The molecule has 0 aliphatic carbocycles. The number of benzene rings is 2. The predicted octanol–water partition coefficient (Wildman–Crippen LogP) is 4.54. The fourth-order valence-corrected chi connectivity index (χ4v) is 4.18. The zero-order valence-corrected chi connectivity index (χ0v) is 12.9. The fourth-order valence-electron chi connectivity index (χ4n) is 2.94. The second-order valence-electron chi connectivity index (χ2n) is 5.25. The summed E-state index contributed by atoms with van der Waals surface area (Å²) in [6.07, 6.45) is 0.903. The Morgan fingerprint density at radius 2 is 2.05 bits per heavy atom. The monoisotopic (exact) mass is 315 g/mol. The average Bonchev–Trinajstić information content (AvgIpc) is 3.11. The lowest BCUT2D eigenvalue weighted by molar-refractivity contribution is 0.352. The molecule has 0 saturated heterocycles. The third-order valence-electron chi connectivity index (χ3n) is 3.96. The molecule has 0 amide bonds. The van der Waals surface area contributed by atoms with Crippen LogP contribution < -0.4 is 10.5 Å².